The molecule has 3 aromatic rings. The molecule has 0 spiro atoms. The van der Waals surface area contributed by atoms with Crippen LogP contribution < -0.4 is 5.73 Å². The van der Waals surface area contributed by atoms with Crippen LogP contribution in [0.25, 0.3) is 0 Å². The van der Waals surface area contributed by atoms with Crippen molar-refractivity contribution >= 4 is 5.78 Å². The van der Waals surface area contributed by atoms with Crippen LogP contribution in [-0.4, -0.2) is 26.9 Å². The van der Waals surface area contributed by atoms with Crippen molar-refractivity contribution < 1.29 is 9.90 Å². The molecule has 0 fully saturated rings. The van der Waals surface area contributed by atoms with Crippen molar-refractivity contribution in [3.8, 4) is 0 Å². The molecule has 2 aromatic carbocycles. The number of benzene rings is 2. The maximum atomic E-state index is 13.0. The maximum absolute atomic E-state index is 13.0. The lowest BCUT2D eigenvalue weighted by Crippen LogP contribution is -2.38. The van der Waals surface area contributed by atoms with Crippen molar-refractivity contribution in [1.29, 1.82) is 0 Å². The Bertz CT molecular complexity index is 1010. The smallest absolute Gasteiger partial charge is 0.171 e. The van der Waals surface area contributed by atoms with Crippen molar-refractivity contribution in [3.05, 3.63) is 114 Å². The molecular formula is C23H21N3O2. The molecular weight excluding hydrogens is 350 g/mol. The molecule has 0 saturated heterocycles. The lowest BCUT2D eigenvalue weighted by molar-refractivity contribution is 0.0929. The van der Waals surface area contributed by atoms with Crippen molar-refractivity contribution in [3.63, 3.8) is 0 Å². The number of carbonyl (C=O) groups excluding carboxylic acids is 1. The predicted octanol–water partition coefficient (Wildman–Crippen LogP) is 2.97. The lowest BCUT2D eigenvalue weighted by atomic mass is 9.76. The number of carbonyl (C=O) groups is 1. The van der Waals surface area contributed by atoms with Gasteiger partial charge in [0.15, 0.2) is 11.4 Å². The van der Waals surface area contributed by atoms with Gasteiger partial charge in [-0.2, -0.15) is 0 Å². The molecule has 0 radical (unpaired) electrons. The van der Waals surface area contributed by atoms with E-state index in [0.717, 1.165) is 0 Å². The van der Waals surface area contributed by atoms with Crippen LogP contribution in [0.4, 0.5) is 0 Å². The van der Waals surface area contributed by atoms with Crippen LogP contribution in [0.5, 0.6) is 0 Å². The Kier molecular flexibility index (Phi) is 4.77. The van der Waals surface area contributed by atoms with Gasteiger partial charge < -0.3 is 15.8 Å². The summed E-state index contributed by atoms with van der Waals surface area (Å²) < 4.78 is 0. The number of nitrogens with zero attached hydrogens (tertiary/aromatic N) is 1. The van der Waals surface area contributed by atoms with Crippen LogP contribution in [-0.2, 0) is 5.60 Å². The van der Waals surface area contributed by atoms with Crippen LogP contribution in [0.2, 0.25) is 0 Å². The zero-order valence-corrected chi connectivity index (χ0v) is 15.2. The molecule has 5 nitrogen and oxygen atoms in total. The minimum atomic E-state index is -1.47. The number of H-pyrrole nitrogens is 1. The molecule has 1 heterocycles. The third kappa shape index (κ3) is 3.11. The van der Waals surface area contributed by atoms with Crippen molar-refractivity contribution in [2.45, 2.75) is 11.6 Å². The molecule has 1 aliphatic rings. The number of hydrogen-bond donors (Lipinski definition) is 3. The summed E-state index contributed by atoms with van der Waals surface area (Å²) >= 11 is 0. The van der Waals surface area contributed by atoms with Gasteiger partial charge in [-0.15, -0.1) is 0 Å². The number of nitrogens with one attached hydrogen (secondary N) is 1. The van der Waals surface area contributed by atoms with Crippen LogP contribution in [0.3, 0.4) is 0 Å². The quantitative estimate of drug-likeness (QED) is 0.601. The van der Waals surface area contributed by atoms with E-state index in [0.29, 0.717) is 22.4 Å². The Morgan fingerprint density at radius 2 is 1.75 bits per heavy atom. The van der Waals surface area contributed by atoms with Crippen LogP contribution >= 0.6 is 0 Å². The van der Waals surface area contributed by atoms with Gasteiger partial charge in [-0.1, -0.05) is 78.9 Å². The summed E-state index contributed by atoms with van der Waals surface area (Å²) in [7, 11) is 0. The first kappa shape index (κ1) is 18.1. The highest BCUT2D eigenvalue weighted by Crippen LogP contribution is 2.39. The summed E-state index contributed by atoms with van der Waals surface area (Å²) in [5, 5.41) is 11.8. The second-order valence-electron chi connectivity index (χ2n) is 6.86. The van der Waals surface area contributed by atoms with E-state index in [-0.39, 0.29) is 5.78 Å². The fraction of sp³-hybridized carbons (Fsp3) is 0.130. The Hall–Kier alpha value is -3.28. The maximum Gasteiger partial charge on any atom is 0.171 e. The van der Waals surface area contributed by atoms with Gasteiger partial charge in [-0.3, -0.25) is 4.79 Å². The Morgan fingerprint density at radius 3 is 2.39 bits per heavy atom. The monoisotopic (exact) mass is 371 g/mol. The second-order valence-corrected chi connectivity index (χ2v) is 6.86. The van der Waals surface area contributed by atoms with Gasteiger partial charge >= 0.3 is 0 Å². The molecule has 0 saturated carbocycles. The summed E-state index contributed by atoms with van der Waals surface area (Å²) in [4.78, 5) is 20.1. The highest BCUT2D eigenvalue weighted by atomic mass is 16.3. The molecule has 0 aliphatic heterocycles. The average molecular weight is 371 g/mol. The number of aromatic amines is 1. The Morgan fingerprint density at radius 1 is 1.07 bits per heavy atom. The van der Waals surface area contributed by atoms with E-state index in [1.54, 1.807) is 36.6 Å². The van der Waals surface area contributed by atoms with Gasteiger partial charge in [-0.25, -0.2) is 4.98 Å². The third-order valence-electron chi connectivity index (χ3n) is 5.13. The average Bonchev–Trinajstić information content (AvgIpc) is 3.30. The summed E-state index contributed by atoms with van der Waals surface area (Å²) in [5.74, 6) is -0.643. The van der Waals surface area contributed by atoms with Crippen LogP contribution in [0.15, 0.2) is 97.0 Å². The SMILES string of the molecule is NC1C=CC(C(O)(c2ccccc2)c2cnc[nH]2)=CC1C(=O)c1ccccc1. The number of hydrogen-bond acceptors (Lipinski definition) is 4. The molecule has 3 atom stereocenters. The molecule has 140 valence electrons. The van der Waals surface area contributed by atoms with Gasteiger partial charge in [0.05, 0.1) is 24.1 Å². The van der Waals surface area contributed by atoms with Crippen molar-refractivity contribution in [2.75, 3.05) is 0 Å². The zero-order chi connectivity index (χ0) is 19.6. The van der Waals surface area contributed by atoms with E-state index in [1.165, 1.54) is 6.33 Å². The standard InChI is InChI=1S/C23H21N3O2/c24-20-12-11-18(13-19(20)22(27)16-7-3-1-4-8-16)23(28,21-14-25-15-26-21)17-9-5-2-6-10-17/h1-15,19-20,28H,24H2,(H,25,26). The Balaban J connectivity index is 1.81. The van der Waals surface area contributed by atoms with E-state index in [1.807, 2.05) is 48.5 Å². The van der Waals surface area contributed by atoms with Crippen LogP contribution in [0.1, 0.15) is 21.6 Å². The molecule has 1 aliphatic carbocycles. The summed E-state index contributed by atoms with van der Waals surface area (Å²) in [6, 6.07) is 17.9. The minimum Gasteiger partial charge on any atom is -0.374 e. The Labute approximate surface area is 163 Å². The lowest BCUT2D eigenvalue weighted by Gasteiger charge is -2.33. The molecule has 4 N–H and O–H groups in total. The van der Waals surface area contributed by atoms with E-state index in [4.69, 9.17) is 5.73 Å². The van der Waals surface area contributed by atoms with Gasteiger partial charge in [0, 0.05) is 11.6 Å². The fourth-order valence-corrected chi connectivity index (χ4v) is 3.59. The van der Waals surface area contributed by atoms with Crippen molar-refractivity contribution in [1.82, 2.24) is 9.97 Å². The summed E-state index contributed by atoms with van der Waals surface area (Å²) in [5.41, 5.74) is 7.14. The molecule has 3 unspecified atom stereocenters. The van der Waals surface area contributed by atoms with Gasteiger partial charge in [0.2, 0.25) is 0 Å². The molecule has 0 bridgehead atoms. The van der Waals surface area contributed by atoms with Gasteiger partial charge in [0.1, 0.15) is 0 Å². The first-order valence-electron chi connectivity index (χ1n) is 9.13. The highest BCUT2D eigenvalue weighted by molar-refractivity contribution is 5.99. The normalized spacial score (nSPS) is 21.0. The fourth-order valence-electron chi connectivity index (χ4n) is 3.59. The minimum absolute atomic E-state index is 0.0741. The van der Waals surface area contributed by atoms with E-state index in [2.05, 4.69) is 9.97 Å². The molecule has 0 amide bonds. The topological polar surface area (TPSA) is 92.0 Å². The molecule has 5 heteroatoms. The van der Waals surface area contributed by atoms with Crippen LogP contribution in [0, 0.1) is 5.92 Å². The molecule has 4 rings (SSSR count). The molecule has 1 aromatic heterocycles. The van der Waals surface area contributed by atoms with E-state index < -0.39 is 17.6 Å². The van der Waals surface area contributed by atoms with Gasteiger partial charge in [0.25, 0.3) is 0 Å². The number of aromatic nitrogens is 2. The highest BCUT2D eigenvalue weighted by Gasteiger charge is 2.39. The van der Waals surface area contributed by atoms with Gasteiger partial charge in [-0.05, 0) is 11.1 Å². The number of aliphatic hydroxyl groups is 1. The summed E-state index contributed by atoms with van der Waals surface area (Å²) in [6.07, 6.45) is 8.44. The number of nitrogens with two attached hydrogens (primary N) is 1. The first-order chi connectivity index (χ1) is 13.6. The van der Waals surface area contributed by atoms with Crippen molar-refractivity contribution in [2.24, 2.45) is 11.7 Å². The first-order valence-corrected chi connectivity index (χ1v) is 9.13. The second kappa shape index (κ2) is 7.38. The molecule has 28 heavy (non-hydrogen) atoms. The third-order valence-corrected chi connectivity index (χ3v) is 5.13. The number of rotatable bonds is 5. The van der Waals surface area contributed by atoms with E-state index in [9.17, 15) is 9.90 Å². The number of ketones is 1. The predicted molar refractivity (Wildman–Crippen MR) is 107 cm³/mol. The summed E-state index contributed by atoms with van der Waals surface area (Å²) in [6.45, 7) is 0. The van der Waals surface area contributed by atoms with E-state index >= 15 is 0 Å². The number of Topliss-reactive ketones (excluding diaryl/α,β-unsaturated/α-hetero) is 1. The largest absolute Gasteiger partial charge is 0.374 e. The number of imidazole rings is 1. The zero-order valence-electron chi connectivity index (χ0n) is 15.2.